The van der Waals surface area contributed by atoms with Crippen molar-refractivity contribution in [2.45, 2.75) is 38.1 Å². The van der Waals surface area contributed by atoms with Crippen molar-refractivity contribution in [1.82, 2.24) is 20.1 Å². The van der Waals surface area contributed by atoms with Crippen LogP contribution in [-0.4, -0.2) is 65.3 Å². The van der Waals surface area contributed by atoms with Crippen LogP contribution in [0.5, 0.6) is 0 Å². The number of hydrogen-bond acceptors (Lipinski definition) is 7. The van der Waals surface area contributed by atoms with Crippen molar-refractivity contribution >= 4 is 33.3 Å². The van der Waals surface area contributed by atoms with Crippen LogP contribution >= 0.6 is 15.9 Å². The average Bonchev–Trinajstić information content (AvgIpc) is 3.37. The second-order valence-electron chi connectivity index (χ2n) is 10.8. The molecule has 0 N–H and O–H groups in total. The summed E-state index contributed by atoms with van der Waals surface area (Å²) in [7, 11) is 2.01. The SMILES string of the molecule is CN1C(=O)C2CC23CCN(CC3)c2cc(Br)ccc2-c2nnc(o2)-c2ccnc(c2)N2CCCC1C2. The Balaban J connectivity index is 1.32. The molecule has 2 saturated heterocycles. The predicted molar refractivity (Wildman–Crippen MR) is 141 cm³/mol. The second kappa shape index (κ2) is 8.30. The molecule has 1 saturated carbocycles. The number of carbonyl (C=O) groups is 1. The van der Waals surface area contributed by atoms with Crippen molar-refractivity contribution in [3.05, 3.63) is 41.0 Å². The molecule has 8 bridgehead atoms. The van der Waals surface area contributed by atoms with E-state index in [1.165, 1.54) is 0 Å². The minimum absolute atomic E-state index is 0.154. The van der Waals surface area contributed by atoms with Crippen LogP contribution in [0, 0.1) is 11.3 Å². The number of amides is 1. The number of carbonyl (C=O) groups excluding carboxylic acids is 1. The van der Waals surface area contributed by atoms with Gasteiger partial charge < -0.3 is 19.1 Å². The van der Waals surface area contributed by atoms with Crippen LogP contribution in [0.3, 0.4) is 0 Å². The lowest BCUT2D eigenvalue weighted by atomic mass is 9.89. The van der Waals surface area contributed by atoms with Crippen LogP contribution in [-0.2, 0) is 4.79 Å². The Kier molecular flexibility index (Phi) is 5.13. The van der Waals surface area contributed by atoms with E-state index in [4.69, 9.17) is 4.42 Å². The Bertz CT molecular complexity index is 1330. The van der Waals surface area contributed by atoms with Gasteiger partial charge in [-0.1, -0.05) is 15.9 Å². The van der Waals surface area contributed by atoms with E-state index in [0.717, 1.165) is 85.4 Å². The van der Waals surface area contributed by atoms with Crippen molar-refractivity contribution in [2.75, 3.05) is 43.0 Å². The number of aromatic nitrogens is 3. The summed E-state index contributed by atoms with van der Waals surface area (Å²) >= 11 is 3.65. The normalized spacial score (nSPS) is 27.3. The molecule has 8 rings (SSSR count). The van der Waals surface area contributed by atoms with Crippen LogP contribution in [0.1, 0.15) is 32.1 Å². The monoisotopic (exact) mass is 548 g/mol. The first-order valence-electron chi connectivity index (χ1n) is 12.9. The van der Waals surface area contributed by atoms with Crippen molar-refractivity contribution < 1.29 is 9.21 Å². The summed E-state index contributed by atoms with van der Waals surface area (Å²) in [5.74, 6) is 2.38. The maximum Gasteiger partial charge on any atom is 0.250 e. The third kappa shape index (κ3) is 3.62. The van der Waals surface area contributed by atoms with Gasteiger partial charge in [-0.25, -0.2) is 4.98 Å². The molecule has 6 heterocycles. The Hall–Kier alpha value is -2.94. The molecule has 186 valence electrons. The molecule has 3 aromatic rings. The van der Waals surface area contributed by atoms with E-state index < -0.39 is 0 Å². The van der Waals surface area contributed by atoms with Gasteiger partial charge in [0.05, 0.1) is 11.3 Å². The molecule has 2 aromatic heterocycles. The van der Waals surface area contributed by atoms with E-state index >= 15 is 0 Å². The Labute approximate surface area is 218 Å². The van der Waals surface area contributed by atoms with E-state index in [-0.39, 0.29) is 17.4 Å². The van der Waals surface area contributed by atoms with Crippen LogP contribution in [0.4, 0.5) is 11.5 Å². The smallest absolute Gasteiger partial charge is 0.250 e. The maximum atomic E-state index is 13.6. The van der Waals surface area contributed by atoms with E-state index in [0.29, 0.717) is 17.7 Å². The van der Waals surface area contributed by atoms with Crippen molar-refractivity contribution in [3.8, 4) is 22.9 Å². The first-order chi connectivity index (χ1) is 17.5. The van der Waals surface area contributed by atoms with Gasteiger partial charge >= 0.3 is 0 Å². The van der Waals surface area contributed by atoms with Gasteiger partial charge in [0.25, 0.3) is 0 Å². The molecule has 1 amide bonds. The number of hydrogen-bond donors (Lipinski definition) is 0. The predicted octanol–water partition coefficient (Wildman–Crippen LogP) is 4.61. The molecular formula is C27H29BrN6O2. The molecule has 1 aliphatic carbocycles. The molecular weight excluding hydrogens is 520 g/mol. The number of halogens is 1. The summed E-state index contributed by atoms with van der Waals surface area (Å²) in [4.78, 5) is 25.0. The third-order valence-electron chi connectivity index (χ3n) is 8.81. The fourth-order valence-electron chi connectivity index (χ4n) is 6.47. The Morgan fingerprint density at radius 1 is 1.06 bits per heavy atom. The second-order valence-corrected chi connectivity index (χ2v) is 11.7. The highest BCUT2D eigenvalue weighted by molar-refractivity contribution is 9.10. The topological polar surface area (TPSA) is 78.6 Å². The van der Waals surface area contributed by atoms with Crippen LogP contribution in [0.2, 0.25) is 0 Å². The number of rotatable bonds is 0. The standard InChI is InChI=1S/C27H29BrN6O2/c1-32-19-3-2-10-34(16-19)23-13-17(6-9-29-23)24-30-31-25(36-24)20-5-4-18(28)14-22(20)33-11-7-27(8-12-33)15-21(27)26(32)35/h4-6,9,13-14,19,21H,2-3,7-8,10-12,15-16H2,1H3. The molecule has 3 fully saturated rings. The fraction of sp³-hybridized carbons (Fsp3) is 0.481. The first-order valence-corrected chi connectivity index (χ1v) is 13.7. The summed E-state index contributed by atoms with van der Waals surface area (Å²) in [5.41, 5.74) is 3.03. The molecule has 1 spiro atoms. The number of fused-ring (bicyclic) bond motifs is 3. The zero-order valence-corrected chi connectivity index (χ0v) is 21.9. The molecule has 9 heteroatoms. The zero-order valence-electron chi connectivity index (χ0n) is 20.4. The lowest BCUT2D eigenvalue weighted by Crippen LogP contribution is -2.49. The van der Waals surface area contributed by atoms with E-state index in [2.05, 4.69) is 47.0 Å². The molecule has 0 radical (unpaired) electrons. The highest BCUT2D eigenvalue weighted by atomic mass is 79.9. The van der Waals surface area contributed by atoms with E-state index in [1.54, 1.807) is 6.20 Å². The molecule has 5 aliphatic rings. The number of pyridine rings is 1. The molecule has 8 nitrogen and oxygen atoms in total. The number of likely N-dealkylation sites (N-methyl/N-ethyl adjacent to an activating group) is 1. The molecule has 4 aliphatic heterocycles. The van der Waals surface area contributed by atoms with E-state index in [9.17, 15) is 4.79 Å². The van der Waals surface area contributed by atoms with Crippen molar-refractivity contribution in [3.63, 3.8) is 0 Å². The minimum Gasteiger partial charge on any atom is -0.416 e. The fourth-order valence-corrected chi connectivity index (χ4v) is 6.82. The van der Waals surface area contributed by atoms with E-state index in [1.807, 2.05) is 36.2 Å². The summed E-state index contributed by atoms with van der Waals surface area (Å²) < 4.78 is 7.26. The first kappa shape index (κ1) is 22.3. The van der Waals surface area contributed by atoms with Gasteiger partial charge in [-0.15, -0.1) is 10.2 Å². The van der Waals surface area contributed by atoms with Crippen molar-refractivity contribution in [2.24, 2.45) is 11.3 Å². The van der Waals surface area contributed by atoms with Gasteiger partial charge in [0.15, 0.2) is 0 Å². The van der Waals surface area contributed by atoms with Gasteiger partial charge in [0.2, 0.25) is 17.7 Å². The van der Waals surface area contributed by atoms with Crippen LogP contribution < -0.4 is 9.80 Å². The molecule has 36 heavy (non-hydrogen) atoms. The average molecular weight is 549 g/mol. The van der Waals surface area contributed by atoms with Crippen LogP contribution in [0.15, 0.2) is 45.4 Å². The minimum atomic E-state index is 0.154. The van der Waals surface area contributed by atoms with Crippen LogP contribution in [0.25, 0.3) is 22.9 Å². The van der Waals surface area contributed by atoms with Gasteiger partial charge in [-0.05, 0) is 67.9 Å². The molecule has 2 unspecified atom stereocenters. The number of piperidine rings is 2. The maximum absolute atomic E-state index is 13.6. The summed E-state index contributed by atoms with van der Waals surface area (Å²) in [6, 6.07) is 10.3. The Morgan fingerprint density at radius 3 is 2.75 bits per heavy atom. The zero-order chi connectivity index (χ0) is 24.4. The summed E-state index contributed by atoms with van der Waals surface area (Å²) in [5, 5.41) is 8.85. The Morgan fingerprint density at radius 2 is 1.89 bits per heavy atom. The van der Waals surface area contributed by atoms with Gasteiger partial charge in [-0.2, -0.15) is 0 Å². The molecule has 2 atom stereocenters. The number of nitrogens with zero attached hydrogens (tertiary/aromatic N) is 6. The molecule has 1 aromatic carbocycles. The highest BCUT2D eigenvalue weighted by Gasteiger charge is 2.59. The third-order valence-corrected chi connectivity index (χ3v) is 9.30. The summed E-state index contributed by atoms with van der Waals surface area (Å²) in [6.45, 7) is 3.56. The summed E-state index contributed by atoms with van der Waals surface area (Å²) in [6.07, 6.45) is 6.95. The van der Waals surface area contributed by atoms with Gasteiger partial charge in [0.1, 0.15) is 5.82 Å². The van der Waals surface area contributed by atoms with Gasteiger partial charge in [0, 0.05) is 61.4 Å². The number of benzene rings is 1. The highest BCUT2D eigenvalue weighted by Crippen LogP contribution is 2.60. The van der Waals surface area contributed by atoms with Gasteiger partial charge in [-0.3, -0.25) is 4.79 Å². The lowest BCUT2D eigenvalue weighted by Gasteiger charge is -2.39. The quantitative estimate of drug-likeness (QED) is 0.406. The largest absolute Gasteiger partial charge is 0.416 e. The van der Waals surface area contributed by atoms with Crippen molar-refractivity contribution in [1.29, 1.82) is 0 Å². The number of anilines is 2. The lowest BCUT2D eigenvalue weighted by molar-refractivity contribution is -0.134.